The zero-order valence-corrected chi connectivity index (χ0v) is 35.5. The van der Waals surface area contributed by atoms with Crippen LogP contribution in [0, 0.1) is 0 Å². The van der Waals surface area contributed by atoms with Crippen LogP contribution in [0.25, 0.3) is 38.2 Å². The highest BCUT2D eigenvalue weighted by Gasteiger charge is 2.35. The first-order chi connectivity index (χ1) is 31.7. The Morgan fingerprint density at radius 2 is 0.734 bits per heavy atom. The van der Waals surface area contributed by atoms with Crippen LogP contribution in [0.1, 0.15) is 23.1 Å². The van der Waals surface area contributed by atoms with E-state index in [4.69, 9.17) is 0 Å². The molecule has 0 spiro atoms. The number of hydrogen-bond acceptors (Lipinski definition) is 2. The van der Waals surface area contributed by atoms with Crippen LogP contribution >= 0.6 is 0 Å². The summed E-state index contributed by atoms with van der Waals surface area (Å²) < 4.78 is 0. The van der Waals surface area contributed by atoms with Crippen molar-refractivity contribution in [2.75, 3.05) is 9.80 Å². The van der Waals surface area contributed by atoms with Crippen molar-refractivity contribution in [3.63, 3.8) is 0 Å². The molecule has 0 aromatic heterocycles. The summed E-state index contributed by atoms with van der Waals surface area (Å²) in [7, 11) is 0. The molecule has 0 aliphatic heterocycles. The monoisotopic (exact) mass is 818 g/mol. The lowest BCUT2D eigenvalue weighted by atomic mass is 9.68. The number of para-hydroxylation sites is 4. The van der Waals surface area contributed by atoms with Crippen LogP contribution in [-0.2, 0) is 5.41 Å². The highest BCUT2D eigenvalue weighted by atomic mass is 15.1. The van der Waals surface area contributed by atoms with Gasteiger partial charge in [0.25, 0.3) is 0 Å². The Balaban J connectivity index is 0.951. The first-order valence-electron chi connectivity index (χ1n) is 22.2. The van der Waals surface area contributed by atoms with Crippen LogP contribution in [0.3, 0.4) is 0 Å². The second kappa shape index (κ2) is 16.9. The standard InChI is InChI=1S/C62H46N2/c1-6-20-49(21-7-1)62(59-39-41-61(58-33-19-17-31-56(58)59)64(52-26-12-4-13-27-52)53-28-14-5-15-29-53)44-42-47(43-45-62)46-34-36-48(37-35-46)54-38-40-60(57-32-18-16-30-55(54)57)63(50-22-8-2-9-23-50)51-24-10-3-11-25-51/h1-44H,45H2. The molecular weight excluding hydrogens is 773 g/mol. The molecule has 10 aromatic rings. The Bertz CT molecular complexity index is 3190. The Morgan fingerprint density at radius 3 is 1.22 bits per heavy atom. The molecule has 1 aliphatic carbocycles. The molecular formula is C62H46N2. The van der Waals surface area contributed by atoms with Crippen LogP contribution in [0.5, 0.6) is 0 Å². The van der Waals surface area contributed by atoms with E-state index < -0.39 is 0 Å². The fraction of sp³-hybridized carbons (Fsp3) is 0.0323. The zero-order valence-electron chi connectivity index (χ0n) is 35.5. The lowest BCUT2D eigenvalue weighted by molar-refractivity contribution is 0.655. The quantitative estimate of drug-likeness (QED) is 0.136. The Morgan fingerprint density at radius 1 is 0.328 bits per heavy atom. The summed E-state index contributed by atoms with van der Waals surface area (Å²) in [6, 6.07) is 89.8. The Hall–Kier alpha value is -8.20. The normalized spacial score (nSPS) is 14.6. The van der Waals surface area contributed by atoms with Gasteiger partial charge in [0.05, 0.1) is 11.4 Å². The first-order valence-corrected chi connectivity index (χ1v) is 22.2. The molecule has 10 aromatic carbocycles. The van der Waals surface area contributed by atoms with Gasteiger partial charge in [0, 0.05) is 38.9 Å². The lowest BCUT2D eigenvalue weighted by Crippen LogP contribution is -2.27. The van der Waals surface area contributed by atoms with E-state index in [2.05, 4.69) is 277 Å². The predicted octanol–water partition coefficient (Wildman–Crippen LogP) is 16.9. The van der Waals surface area contributed by atoms with Crippen LogP contribution in [0.15, 0.2) is 267 Å². The molecule has 304 valence electrons. The van der Waals surface area contributed by atoms with Gasteiger partial charge in [0.2, 0.25) is 0 Å². The van der Waals surface area contributed by atoms with Gasteiger partial charge in [-0.25, -0.2) is 0 Å². The van der Waals surface area contributed by atoms with Crippen molar-refractivity contribution in [3.05, 3.63) is 284 Å². The molecule has 11 rings (SSSR count). The molecule has 0 saturated carbocycles. The van der Waals surface area contributed by atoms with Crippen molar-refractivity contribution in [1.82, 2.24) is 0 Å². The molecule has 0 radical (unpaired) electrons. The zero-order chi connectivity index (χ0) is 42.7. The highest BCUT2D eigenvalue weighted by molar-refractivity contribution is 6.06. The Labute approximate surface area is 376 Å². The van der Waals surface area contributed by atoms with E-state index in [0.717, 1.165) is 40.5 Å². The summed E-state index contributed by atoms with van der Waals surface area (Å²) in [6.07, 6.45) is 8.08. The maximum atomic E-state index is 2.46. The number of benzene rings is 10. The number of fused-ring (bicyclic) bond motifs is 2. The summed E-state index contributed by atoms with van der Waals surface area (Å²) in [5.41, 5.74) is 13.9. The van der Waals surface area contributed by atoms with Crippen molar-refractivity contribution in [1.29, 1.82) is 0 Å². The van der Waals surface area contributed by atoms with Gasteiger partial charge in [0.15, 0.2) is 0 Å². The van der Waals surface area contributed by atoms with Crippen molar-refractivity contribution >= 4 is 61.2 Å². The van der Waals surface area contributed by atoms with E-state index in [1.807, 2.05) is 0 Å². The Kier molecular flexibility index (Phi) is 10.2. The van der Waals surface area contributed by atoms with E-state index in [1.54, 1.807) is 0 Å². The van der Waals surface area contributed by atoms with Crippen LogP contribution in [0.4, 0.5) is 34.1 Å². The number of allylic oxidation sites excluding steroid dienone is 4. The average molecular weight is 819 g/mol. The highest BCUT2D eigenvalue weighted by Crippen LogP contribution is 2.48. The second-order valence-electron chi connectivity index (χ2n) is 16.5. The maximum Gasteiger partial charge on any atom is 0.0540 e. The van der Waals surface area contributed by atoms with Crippen LogP contribution in [0.2, 0.25) is 0 Å². The minimum absolute atomic E-state index is 0.360. The predicted molar refractivity (Wildman–Crippen MR) is 272 cm³/mol. The first kappa shape index (κ1) is 38.7. The second-order valence-corrected chi connectivity index (χ2v) is 16.5. The third-order valence-corrected chi connectivity index (χ3v) is 12.8. The SMILES string of the molecule is C1=CC(c2ccccc2)(c2ccc(N(c3ccccc3)c3ccccc3)c3ccccc23)CC=C1c1ccc(-c2ccc(N(c3ccccc3)c3ccccc3)c3ccccc23)cc1. The topological polar surface area (TPSA) is 6.48 Å². The molecule has 2 nitrogen and oxygen atoms in total. The molecule has 0 fully saturated rings. The number of nitrogens with zero attached hydrogens (tertiary/aromatic N) is 2. The van der Waals surface area contributed by atoms with E-state index in [-0.39, 0.29) is 5.41 Å². The largest absolute Gasteiger partial charge is 0.310 e. The molecule has 2 heteroatoms. The summed E-state index contributed by atoms with van der Waals surface area (Å²) >= 11 is 0. The molecule has 1 unspecified atom stereocenters. The molecule has 1 atom stereocenters. The fourth-order valence-electron chi connectivity index (χ4n) is 9.76. The van der Waals surface area contributed by atoms with Gasteiger partial charge >= 0.3 is 0 Å². The van der Waals surface area contributed by atoms with E-state index in [9.17, 15) is 0 Å². The lowest BCUT2D eigenvalue weighted by Gasteiger charge is -2.36. The van der Waals surface area contributed by atoms with Gasteiger partial charge in [-0.1, -0.05) is 206 Å². The van der Waals surface area contributed by atoms with Crippen molar-refractivity contribution in [2.24, 2.45) is 0 Å². The summed E-state index contributed by atoms with van der Waals surface area (Å²) in [4.78, 5) is 4.73. The maximum absolute atomic E-state index is 2.46. The smallest absolute Gasteiger partial charge is 0.0540 e. The van der Waals surface area contributed by atoms with Crippen LogP contribution in [-0.4, -0.2) is 0 Å². The van der Waals surface area contributed by atoms with Gasteiger partial charge in [0.1, 0.15) is 0 Å². The molecule has 0 saturated heterocycles. The molecule has 0 bridgehead atoms. The molecule has 0 N–H and O–H groups in total. The summed E-state index contributed by atoms with van der Waals surface area (Å²) in [5, 5.41) is 4.90. The summed E-state index contributed by atoms with van der Waals surface area (Å²) in [5.74, 6) is 0. The van der Waals surface area contributed by atoms with Crippen LogP contribution < -0.4 is 9.80 Å². The van der Waals surface area contributed by atoms with Gasteiger partial charge in [-0.3, -0.25) is 0 Å². The minimum Gasteiger partial charge on any atom is -0.310 e. The number of hydrogen-bond donors (Lipinski definition) is 0. The third-order valence-electron chi connectivity index (χ3n) is 12.8. The van der Waals surface area contributed by atoms with Gasteiger partial charge in [-0.15, -0.1) is 0 Å². The van der Waals surface area contributed by atoms with Crippen molar-refractivity contribution in [3.8, 4) is 11.1 Å². The van der Waals surface area contributed by atoms with E-state index >= 15 is 0 Å². The molecule has 0 heterocycles. The van der Waals surface area contributed by atoms with E-state index in [0.29, 0.717) is 0 Å². The fourth-order valence-corrected chi connectivity index (χ4v) is 9.76. The summed E-state index contributed by atoms with van der Waals surface area (Å²) in [6.45, 7) is 0. The molecule has 1 aliphatic rings. The minimum atomic E-state index is -0.360. The number of anilines is 6. The van der Waals surface area contributed by atoms with E-state index in [1.165, 1.54) is 54.9 Å². The average Bonchev–Trinajstić information content (AvgIpc) is 3.38. The van der Waals surface area contributed by atoms with Gasteiger partial charge in [-0.2, -0.15) is 0 Å². The van der Waals surface area contributed by atoms with Crippen molar-refractivity contribution < 1.29 is 0 Å². The van der Waals surface area contributed by atoms with Crippen molar-refractivity contribution in [2.45, 2.75) is 11.8 Å². The number of rotatable bonds is 10. The van der Waals surface area contributed by atoms with Gasteiger partial charge < -0.3 is 9.80 Å². The van der Waals surface area contributed by atoms with Gasteiger partial charge in [-0.05, 0) is 111 Å². The molecule has 64 heavy (non-hydrogen) atoms. The third kappa shape index (κ3) is 7.06. The molecule has 0 amide bonds.